The number of rotatable bonds is 2. The molecule has 1 N–H and O–H groups in total. The van der Waals surface area contributed by atoms with Crippen molar-refractivity contribution in [3.05, 3.63) is 60.4 Å². The van der Waals surface area contributed by atoms with Crippen molar-refractivity contribution < 1.29 is 14.4 Å². The minimum Gasteiger partial charge on any atom is -0.296 e. The first-order valence-electron chi connectivity index (χ1n) is 10.7. The standard InChI is InChI=1S/C15H14N2O3.C4H10.C3H8.C3H6/c1-2-11-9-5-3-4-6-10(9)15(20)17(11)12-7-8-13(18)16-14(12)19;1-4(2)3;2*1-3-2/h2-4,6,12H,1,5,7-8H2,(H,16,18,19);4H,1-3H3;3H2,1-2H3;3H,1H2,2H3. The van der Waals surface area contributed by atoms with Crippen LogP contribution in [0, 0.1) is 5.92 Å². The third-order valence-corrected chi connectivity index (χ3v) is 3.78. The molecule has 30 heavy (non-hydrogen) atoms. The molecule has 166 valence electrons. The van der Waals surface area contributed by atoms with Gasteiger partial charge in [-0.25, -0.2) is 0 Å². The molecule has 2 heterocycles. The molecule has 0 radical (unpaired) electrons. The maximum atomic E-state index is 12.5. The van der Waals surface area contributed by atoms with Gasteiger partial charge in [-0.05, 0) is 43.4 Å². The highest BCUT2D eigenvalue weighted by molar-refractivity contribution is 6.08. The van der Waals surface area contributed by atoms with E-state index in [1.807, 2.05) is 19.1 Å². The summed E-state index contributed by atoms with van der Waals surface area (Å²) >= 11 is 0. The molecule has 1 fully saturated rings. The second kappa shape index (κ2) is 14.3. The lowest BCUT2D eigenvalue weighted by molar-refractivity contribution is -0.141. The number of allylic oxidation sites excluding steroid dienone is 5. The van der Waals surface area contributed by atoms with Crippen LogP contribution in [0.1, 0.15) is 67.2 Å². The van der Waals surface area contributed by atoms with Crippen molar-refractivity contribution in [1.82, 2.24) is 10.2 Å². The summed E-state index contributed by atoms with van der Waals surface area (Å²) in [6.45, 7) is 19.8. The summed E-state index contributed by atoms with van der Waals surface area (Å²) in [5.74, 6) is -0.0560. The van der Waals surface area contributed by atoms with Gasteiger partial charge >= 0.3 is 0 Å². The molecule has 0 saturated carbocycles. The van der Waals surface area contributed by atoms with Crippen LogP contribution in [0.25, 0.3) is 0 Å². The Morgan fingerprint density at radius 2 is 1.73 bits per heavy atom. The Labute approximate surface area is 182 Å². The predicted octanol–water partition coefficient (Wildman–Crippen LogP) is 5.23. The molecule has 3 rings (SSSR count). The lowest BCUT2D eigenvalue weighted by Crippen LogP contribution is -2.52. The Morgan fingerprint density at radius 3 is 2.20 bits per heavy atom. The normalized spacial score (nSPS) is 19.3. The van der Waals surface area contributed by atoms with Gasteiger partial charge in [-0.15, -0.1) is 6.58 Å². The molecule has 5 heteroatoms. The van der Waals surface area contributed by atoms with E-state index in [0.29, 0.717) is 24.1 Å². The second-order valence-corrected chi connectivity index (χ2v) is 7.77. The molecule has 5 nitrogen and oxygen atoms in total. The summed E-state index contributed by atoms with van der Waals surface area (Å²) in [6, 6.07) is -0.632. The molecule has 0 aromatic rings. The molecule has 1 unspecified atom stereocenters. The Balaban J connectivity index is 0.000000714. The molecule has 0 aromatic carbocycles. The van der Waals surface area contributed by atoms with Gasteiger partial charge in [-0.3, -0.25) is 24.6 Å². The van der Waals surface area contributed by atoms with E-state index in [1.54, 1.807) is 18.2 Å². The lowest BCUT2D eigenvalue weighted by atomic mass is 9.99. The number of amides is 3. The molecular formula is C25H38N2O3. The average Bonchev–Trinajstić information content (AvgIpc) is 2.95. The van der Waals surface area contributed by atoms with Gasteiger partial charge in [0.05, 0.1) is 0 Å². The first kappa shape index (κ1) is 27.3. The summed E-state index contributed by atoms with van der Waals surface area (Å²) in [4.78, 5) is 37.2. The average molecular weight is 415 g/mol. The van der Waals surface area contributed by atoms with E-state index in [0.717, 1.165) is 11.5 Å². The maximum Gasteiger partial charge on any atom is 0.259 e. The molecule has 0 aromatic heterocycles. The molecule has 2 aliphatic heterocycles. The summed E-state index contributed by atoms with van der Waals surface area (Å²) < 4.78 is 0. The van der Waals surface area contributed by atoms with Crippen LogP contribution in [0.2, 0.25) is 0 Å². The van der Waals surface area contributed by atoms with Crippen molar-refractivity contribution in [2.75, 3.05) is 0 Å². The maximum absolute atomic E-state index is 12.5. The summed E-state index contributed by atoms with van der Waals surface area (Å²) in [6.07, 6.45) is 11.4. The van der Waals surface area contributed by atoms with Gasteiger partial charge < -0.3 is 0 Å². The van der Waals surface area contributed by atoms with E-state index in [2.05, 4.69) is 53.1 Å². The molecule has 3 amide bonds. The van der Waals surface area contributed by atoms with Gasteiger partial charge in [0.2, 0.25) is 11.8 Å². The van der Waals surface area contributed by atoms with Crippen LogP contribution >= 0.6 is 0 Å². The Kier molecular flexibility index (Phi) is 13.0. The Hall–Kier alpha value is -2.69. The van der Waals surface area contributed by atoms with Crippen LogP contribution in [-0.2, 0) is 14.4 Å². The highest BCUT2D eigenvalue weighted by Gasteiger charge is 2.42. The van der Waals surface area contributed by atoms with Crippen LogP contribution in [0.4, 0.5) is 0 Å². The minimum atomic E-state index is -0.632. The van der Waals surface area contributed by atoms with Gasteiger partial charge in [0.1, 0.15) is 6.04 Å². The van der Waals surface area contributed by atoms with Crippen LogP contribution in [0.3, 0.4) is 0 Å². The van der Waals surface area contributed by atoms with Crippen molar-refractivity contribution in [1.29, 1.82) is 0 Å². The molecule has 0 spiro atoms. The number of fused-ring (bicyclic) bond motifs is 1. The summed E-state index contributed by atoms with van der Waals surface area (Å²) in [5.41, 5.74) is 2.20. The van der Waals surface area contributed by atoms with Crippen molar-refractivity contribution in [3.8, 4) is 0 Å². The SMILES string of the molecule is C=CC.C=CC1=C2CC=CC=C2C(=O)N1C1CCC(=O)NC1=O.CC(C)C.CCC. The van der Waals surface area contributed by atoms with E-state index in [-0.39, 0.29) is 18.2 Å². The quantitative estimate of drug-likeness (QED) is 0.497. The summed E-state index contributed by atoms with van der Waals surface area (Å²) in [5, 5.41) is 2.29. The topological polar surface area (TPSA) is 66.5 Å². The number of hydrogen-bond acceptors (Lipinski definition) is 3. The largest absolute Gasteiger partial charge is 0.296 e. The van der Waals surface area contributed by atoms with Crippen LogP contribution in [0.15, 0.2) is 60.4 Å². The number of hydrogen-bond donors (Lipinski definition) is 1. The first-order valence-corrected chi connectivity index (χ1v) is 10.7. The number of carbonyl (C=O) groups is 3. The smallest absolute Gasteiger partial charge is 0.259 e. The number of carbonyl (C=O) groups excluding carboxylic acids is 3. The highest BCUT2D eigenvalue weighted by Crippen LogP contribution is 2.37. The Morgan fingerprint density at radius 1 is 1.20 bits per heavy atom. The molecule has 1 aliphatic carbocycles. The lowest BCUT2D eigenvalue weighted by Gasteiger charge is -2.30. The van der Waals surface area contributed by atoms with E-state index < -0.39 is 11.9 Å². The predicted molar refractivity (Wildman–Crippen MR) is 124 cm³/mol. The number of nitrogens with zero attached hydrogens (tertiary/aromatic N) is 1. The number of piperidine rings is 1. The number of imide groups is 1. The molecular weight excluding hydrogens is 376 g/mol. The van der Waals surface area contributed by atoms with Crippen LogP contribution in [0.5, 0.6) is 0 Å². The fourth-order valence-electron chi connectivity index (χ4n) is 2.85. The zero-order chi connectivity index (χ0) is 23.3. The number of nitrogens with one attached hydrogen (secondary N) is 1. The van der Waals surface area contributed by atoms with E-state index >= 15 is 0 Å². The van der Waals surface area contributed by atoms with Gasteiger partial charge in [0.15, 0.2) is 0 Å². The summed E-state index contributed by atoms with van der Waals surface area (Å²) in [7, 11) is 0. The minimum absolute atomic E-state index is 0.186. The third-order valence-electron chi connectivity index (χ3n) is 3.78. The molecule has 3 aliphatic rings. The van der Waals surface area contributed by atoms with Crippen molar-refractivity contribution in [2.45, 2.75) is 73.3 Å². The first-order chi connectivity index (χ1) is 14.2. The van der Waals surface area contributed by atoms with Crippen molar-refractivity contribution in [3.63, 3.8) is 0 Å². The van der Waals surface area contributed by atoms with E-state index in [9.17, 15) is 14.4 Å². The highest BCUT2D eigenvalue weighted by atomic mass is 16.2. The van der Waals surface area contributed by atoms with Crippen LogP contribution in [-0.4, -0.2) is 28.7 Å². The molecule has 0 bridgehead atoms. The van der Waals surface area contributed by atoms with Crippen molar-refractivity contribution >= 4 is 17.7 Å². The zero-order valence-corrected chi connectivity index (χ0v) is 19.5. The van der Waals surface area contributed by atoms with Crippen LogP contribution < -0.4 is 5.32 Å². The van der Waals surface area contributed by atoms with Gasteiger partial charge in [-0.2, -0.15) is 0 Å². The molecule has 1 saturated heterocycles. The monoisotopic (exact) mass is 414 g/mol. The van der Waals surface area contributed by atoms with Gasteiger partial charge in [0, 0.05) is 17.7 Å². The van der Waals surface area contributed by atoms with Gasteiger partial charge in [0.25, 0.3) is 5.91 Å². The Bertz CT molecular complexity index is 724. The zero-order valence-electron chi connectivity index (χ0n) is 19.5. The van der Waals surface area contributed by atoms with Gasteiger partial charge in [-0.1, -0.05) is 65.8 Å². The van der Waals surface area contributed by atoms with E-state index in [1.165, 1.54) is 11.3 Å². The second-order valence-electron chi connectivity index (χ2n) is 7.77. The van der Waals surface area contributed by atoms with E-state index in [4.69, 9.17) is 0 Å². The fourth-order valence-corrected chi connectivity index (χ4v) is 2.85. The third kappa shape index (κ3) is 7.97. The van der Waals surface area contributed by atoms with Crippen molar-refractivity contribution in [2.24, 2.45) is 5.92 Å². The molecule has 1 atom stereocenters. The fraction of sp³-hybridized carbons (Fsp3) is 0.480.